The molecule has 1 aliphatic heterocycles. The first kappa shape index (κ1) is 20.7. The van der Waals surface area contributed by atoms with Gasteiger partial charge in [-0.15, -0.1) is 0 Å². The lowest BCUT2D eigenvalue weighted by molar-refractivity contribution is -0.121. The van der Waals surface area contributed by atoms with Gasteiger partial charge in [-0.3, -0.25) is 9.79 Å². The molecule has 1 unspecified atom stereocenters. The number of ether oxygens (including phenoxy) is 1. The minimum atomic E-state index is -0.00173. The Hall–Kier alpha value is -3.02. The second-order valence-corrected chi connectivity index (χ2v) is 7.35. The monoisotopic (exact) mass is 394 g/mol. The third kappa shape index (κ3) is 5.50. The summed E-state index contributed by atoms with van der Waals surface area (Å²) < 4.78 is 5.49. The van der Waals surface area contributed by atoms with E-state index < -0.39 is 0 Å². The molecule has 154 valence electrons. The van der Waals surface area contributed by atoms with E-state index in [4.69, 9.17) is 4.74 Å². The van der Waals surface area contributed by atoms with Gasteiger partial charge in [0.25, 0.3) is 5.91 Å². The summed E-state index contributed by atoms with van der Waals surface area (Å²) in [6, 6.07) is 16.3. The van der Waals surface area contributed by atoms with Crippen LogP contribution >= 0.6 is 0 Å². The first-order valence-corrected chi connectivity index (χ1v) is 10.1. The predicted molar refractivity (Wildman–Crippen MR) is 118 cm³/mol. The summed E-state index contributed by atoms with van der Waals surface area (Å²) in [7, 11) is 1.77. The minimum Gasteiger partial charge on any atom is -0.482 e. The molecule has 0 saturated heterocycles. The molecule has 0 saturated carbocycles. The van der Waals surface area contributed by atoms with Crippen LogP contribution in [-0.4, -0.2) is 45.2 Å². The molecule has 29 heavy (non-hydrogen) atoms. The molecule has 3 rings (SSSR count). The van der Waals surface area contributed by atoms with Gasteiger partial charge in [0.1, 0.15) is 5.75 Å². The van der Waals surface area contributed by atoms with Crippen LogP contribution in [0.25, 0.3) is 0 Å². The Balaban J connectivity index is 1.43. The number of hydrogen-bond donors (Lipinski definition) is 2. The first-order chi connectivity index (χ1) is 14.1. The molecule has 6 nitrogen and oxygen atoms in total. The number of nitrogens with zero attached hydrogens (tertiary/aromatic N) is 2. The van der Waals surface area contributed by atoms with Crippen LogP contribution in [0.15, 0.2) is 53.5 Å². The Kier molecular flexibility index (Phi) is 7.11. The minimum absolute atomic E-state index is 0.00173. The maximum Gasteiger partial charge on any atom is 0.265 e. The maximum absolute atomic E-state index is 12.2. The Bertz CT molecular complexity index is 848. The molecule has 1 heterocycles. The number of nitrogens with one attached hydrogen (secondary N) is 2. The molecular weight excluding hydrogens is 364 g/mol. The molecule has 2 N–H and O–H groups in total. The van der Waals surface area contributed by atoms with Crippen molar-refractivity contribution in [1.82, 2.24) is 10.6 Å². The van der Waals surface area contributed by atoms with Gasteiger partial charge in [0.15, 0.2) is 12.6 Å². The van der Waals surface area contributed by atoms with Crippen molar-refractivity contribution in [3.63, 3.8) is 0 Å². The van der Waals surface area contributed by atoms with Crippen molar-refractivity contribution in [2.24, 2.45) is 4.99 Å². The normalized spacial score (nSPS) is 14.8. The summed E-state index contributed by atoms with van der Waals surface area (Å²) in [4.78, 5) is 18.3. The lowest BCUT2D eigenvalue weighted by Gasteiger charge is -2.29. The van der Waals surface area contributed by atoms with E-state index in [-0.39, 0.29) is 12.5 Å². The van der Waals surface area contributed by atoms with E-state index in [0.29, 0.717) is 12.5 Å². The summed E-state index contributed by atoms with van der Waals surface area (Å²) in [6.45, 7) is 6.57. The third-order valence-corrected chi connectivity index (χ3v) is 5.10. The van der Waals surface area contributed by atoms with Gasteiger partial charge < -0.3 is 20.3 Å². The van der Waals surface area contributed by atoms with Crippen LogP contribution in [0.5, 0.6) is 5.75 Å². The number of rotatable bonds is 7. The molecule has 1 aliphatic rings. The van der Waals surface area contributed by atoms with Crippen LogP contribution < -0.4 is 20.3 Å². The van der Waals surface area contributed by atoms with E-state index in [2.05, 4.69) is 53.7 Å². The van der Waals surface area contributed by atoms with Crippen molar-refractivity contribution in [3.8, 4) is 5.75 Å². The summed E-state index contributed by atoms with van der Waals surface area (Å²) >= 11 is 0. The summed E-state index contributed by atoms with van der Waals surface area (Å²) in [5, 5.41) is 6.72. The molecule has 2 aromatic rings. The number of aliphatic imine (C=N–C) groups is 1. The zero-order chi connectivity index (χ0) is 20.6. The van der Waals surface area contributed by atoms with Crippen LogP contribution in [0, 0.1) is 6.92 Å². The maximum atomic E-state index is 12.2. The lowest BCUT2D eigenvalue weighted by Crippen LogP contribution is -2.42. The number of para-hydroxylation sites is 2. The fourth-order valence-electron chi connectivity index (χ4n) is 3.33. The van der Waals surface area contributed by atoms with Crippen LogP contribution in [0.1, 0.15) is 30.4 Å². The average molecular weight is 395 g/mol. The molecule has 2 aromatic carbocycles. The van der Waals surface area contributed by atoms with Crippen molar-refractivity contribution in [1.29, 1.82) is 0 Å². The number of fused-ring (bicyclic) bond motifs is 1. The third-order valence-electron chi connectivity index (χ3n) is 5.10. The van der Waals surface area contributed by atoms with E-state index in [9.17, 15) is 4.79 Å². The Labute approximate surface area is 173 Å². The molecule has 0 bridgehead atoms. The van der Waals surface area contributed by atoms with Crippen molar-refractivity contribution in [3.05, 3.63) is 59.7 Å². The number of hydrogen-bond acceptors (Lipinski definition) is 3. The summed E-state index contributed by atoms with van der Waals surface area (Å²) in [5.74, 6) is 1.93. The fraction of sp³-hybridized carbons (Fsp3) is 0.391. The molecule has 0 spiro atoms. The van der Waals surface area contributed by atoms with Crippen LogP contribution in [0.3, 0.4) is 0 Å². The van der Waals surface area contributed by atoms with E-state index in [1.54, 1.807) is 11.9 Å². The molecule has 0 fully saturated rings. The van der Waals surface area contributed by atoms with E-state index >= 15 is 0 Å². The Morgan fingerprint density at radius 3 is 2.69 bits per heavy atom. The van der Waals surface area contributed by atoms with Gasteiger partial charge in [0.2, 0.25) is 0 Å². The van der Waals surface area contributed by atoms with Gasteiger partial charge in [-0.1, -0.05) is 48.9 Å². The van der Waals surface area contributed by atoms with Crippen LogP contribution in [0.2, 0.25) is 0 Å². The SMILES string of the molecule is CN=C(NCCCN1C(=O)COc2ccccc21)NCC(C)c1ccc(C)cc1. The molecular formula is C23H30N4O2. The number of carbonyl (C=O) groups excluding carboxylic acids is 1. The van der Waals surface area contributed by atoms with Crippen molar-refractivity contribution in [2.75, 3.05) is 38.2 Å². The Morgan fingerprint density at radius 2 is 1.93 bits per heavy atom. The molecule has 6 heteroatoms. The number of aryl methyl sites for hydroxylation is 1. The van der Waals surface area contributed by atoms with Gasteiger partial charge in [0, 0.05) is 26.7 Å². The highest BCUT2D eigenvalue weighted by Crippen LogP contribution is 2.31. The second kappa shape index (κ2) is 9.96. The number of guanidine groups is 1. The molecule has 1 atom stereocenters. The first-order valence-electron chi connectivity index (χ1n) is 10.1. The van der Waals surface area contributed by atoms with Crippen LogP contribution in [-0.2, 0) is 4.79 Å². The van der Waals surface area contributed by atoms with E-state index in [1.165, 1.54) is 11.1 Å². The van der Waals surface area contributed by atoms with Crippen molar-refractivity contribution < 1.29 is 9.53 Å². The molecule has 0 radical (unpaired) electrons. The summed E-state index contributed by atoms with van der Waals surface area (Å²) in [5.41, 5.74) is 3.42. The van der Waals surface area contributed by atoms with E-state index in [0.717, 1.165) is 36.9 Å². The Morgan fingerprint density at radius 1 is 1.17 bits per heavy atom. The zero-order valence-electron chi connectivity index (χ0n) is 17.4. The predicted octanol–water partition coefficient (Wildman–Crippen LogP) is 3.08. The van der Waals surface area contributed by atoms with Gasteiger partial charge in [-0.2, -0.15) is 0 Å². The lowest BCUT2D eigenvalue weighted by atomic mass is 10.0. The van der Waals surface area contributed by atoms with Gasteiger partial charge >= 0.3 is 0 Å². The van der Waals surface area contributed by atoms with Crippen molar-refractivity contribution in [2.45, 2.75) is 26.2 Å². The standard InChI is InChI=1S/C23H30N4O2/c1-17-9-11-19(12-10-17)18(2)15-26-23(24-3)25-13-6-14-27-20-7-4-5-8-21(20)29-16-22(27)28/h4-5,7-12,18H,6,13-16H2,1-3H3,(H2,24,25,26). The largest absolute Gasteiger partial charge is 0.482 e. The summed E-state index contributed by atoms with van der Waals surface area (Å²) in [6.07, 6.45) is 0.814. The number of benzene rings is 2. The van der Waals surface area contributed by atoms with Gasteiger partial charge in [0.05, 0.1) is 5.69 Å². The number of anilines is 1. The zero-order valence-corrected chi connectivity index (χ0v) is 17.4. The number of carbonyl (C=O) groups is 1. The van der Waals surface area contributed by atoms with Gasteiger partial charge in [-0.05, 0) is 37.0 Å². The highest BCUT2D eigenvalue weighted by molar-refractivity contribution is 5.97. The topological polar surface area (TPSA) is 66.0 Å². The smallest absolute Gasteiger partial charge is 0.265 e. The quantitative estimate of drug-likeness (QED) is 0.430. The molecule has 1 amide bonds. The number of amides is 1. The van der Waals surface area contributed by atoms with Gasteiger partial charge in [-0.25, -0.2) is 0 Å². The molecule has 0 aliphatic carbocycles. The highest BCUT2D eigenvalue weighted by atomic mass is 16.5. The van der Waals surface area contributed by atoms with Crippen molar-refractivity contribution >= 4 is 17.6 Å². The van der Waals surface area contributed by atoms with Crippen LogP contribution in [0.4, 0.5) is 5.69 Å². The second-order valence-electron chi connectivity index (χ2n) is 7.35. The molecule has 0 aromatic heterocycles. The van der Waals surface area contributed by atoms with E-state index in [1.807, 2.05) is 24.3 Å². The fourth-order valence-corrected chi connectivity index (χ4v) is 3.33. The average Bonchev–Trinajstić information content (AvgIpc) is 2.74. The highest BCUT2D eigenvalue weighted by Gasteiger charge is 2.24.